The third kappa shape index (κ3) is 3.82. The van der Waals surface area contributed by atoms with Gasteiger partial charge in [0.05, 0.1) is 6.61 Å². The minimum Gasteiger partial charge on any atom is -0.461 e. The van der Waals surface area contributed by atoms with Gasteiger partial charge in [0.2, 0.25) is 6.29 Å². The minimum absolute atomic E-state index is 0.305. The summed E-state index contributed by atoms with van der Waals surface area (Å²) in [6, 6.07) is 10.0. The number of nitrogens with one attached hydrogen (secondary N) is 1. The van der Waals surface area contributed by atoms with Crippen LogP contribution in [0.25, 0.3) is 10.8 Å². The summed E-state index contributed by atoms with van der Waals surface area (Å²) in [6.45, 7) is -0.551. The molecule has 5 atom stereocenters. The Balaban J connectivity index is 1.91. The predicted octanol–water partition coefficient (Wildman–Crippen LogP) is -0.263. The highest BCUT2D eigenvalue weighted by Gasteiger charge is 2.44. The van der Waals surface area contributed by atoms with Gasteiger partial charge in [0.15, 0.2) is 0 Å². The fraction of sp³-hybridized carbons (Fsp3) is 0.389. The molecule has 0 spiro atoms. The van der Waals surface area contributed by atoms with Crippen LogP contribution in [0.1, 0.15) is 0 Å². The standard InChI is InChI=1S/C18H21NO8/c1-19-18(24)27-12-7-3-4-9-10(12)5-2-6-11(9)25-17-16(23)15(22)14(21)13(8-20)26-17/h2-7,13-17,20-23H,8H2,1H3,(H,19,24)/t13-,14+,15+,16-,17+/m0/s1. The molecule has 3 rings (SSSR count). The molecular formula is C18H21NO8. The molecule has 9 nitrogen and oxygen atoms in total. The van der Waals surface area contributed by atoms with Gasteiger partial charge in [0, 0.05) is 17.8 Å². The van der Waals surface area contributed by atoms with Crippen molar-refractivity contribution >= 4 is 16.9 Å². The van der Waals surface area contributed by atoms with Crippen molar-refractivity contribution in [3.05, 3.63) is 36.4 Å². The Morgan fingerprint density at radius 1 is 1.04 bits per heavy atom. The first kappa shape index (κ1) is 19.3. The minimum atomic E-state index is -1.54. The van der Waals surface area contributed by atoms with Gasteiger partial charge < -0.3 is 40.0 Å². The summed E-state index contributed by atoms with van der Waals surface area (Å²) < 4.78 is 16.3. The molecule has 9 heteroatoms. The number of aliphatic hydroxyl groups excluding tert-OH is 4. The van der Waals surface area contributed by atoms with E-state index in [4.69, 9.17) is 14.2 Å². The molecule has 27 heavy (non-hydrogen) atoms. The molecule has 1 saturated heterocycles. The molecule has 0 unspecified atom stereocenters. The van der Waals surface area contributed by atoms with E-state index < -0.39 is 43.4 Å². The maximum absolute atomic E-state index is 11.5. The molecule has 0 aromatic heterocycles. The second kappa shape index (κ2) is 8.07. The molecule has 0 bridgehead atoms. The Bertz CT molecular complexity index is 811. The van der Waals surface area contributed by atoms with Crippen LogP contribution in [-0.4, -0.2) is 70.9 Å². The van der Waals surface area contributed by atoms with Crippen molar-refractivity contribution in [2.24, 2.45) is 0 Å². The third-order valence-corrected chi connectivity index (χ3v) is 4.34. The van der Waals surface area contributed by atoms with Gasteiger partial charge in [0.1, 0.15) is 35.9 Å². The van der Waals surface area contributed by atoms with Gasteiger partial charge in [-0.2, -0.15) is 0 Å². The van der Waals surface area contributed by atoms with Crippen LogP contribution in [0.4, 0.5) is 4.79 Å². The van der Waals surface area contributed by atoms with E-state index in [0.29, 0.717) is 22.3 Å². The van der Waals surface area contributed by atoms with Crippen molar-refractivity contribution < 1.29 is 39.4 Å². The van der Waals surface area contributed by atoms with Crippen LogP contribution < -0.4 is 14.8 Å². The van der Waals surface area contributed by atoms with E-state index in [1.165, 1.54) is 7.05 Å². The number of ether oxygens (including phenoxy) is 3. The van der Waals surface area contributed by atoms with Gasteiger partial charge in [-0.05, 0) is 12.1 Å². The summed E-state index contributed by atoms with van der Waals surface area (Å²) in [5.74, 6) is 0.616. The fourth-order valence-corrected chi connectivity index (χ4v) is 2.88. The van der Waals surface area contributed by atoms with Crippen LogP contribution in [-0.2, 0) is 4.74 Å². The number of amides is 1. The molecule has 1 fully saturated rings. The van der Waals surface area contributed by atoms with Crippen molar-refractivity contribution in [2.75, 3.05) is 13.7 Å². The molecule has 1 heterocycles. The zero-order valence-electron chi connectivity index (χ0n) is 14.5. The maximum Gasteiger partial charge on any atom is 0.412 e. The second-order valence-corrected chi connectivity index (χ2v) is 6.06. The Hall–Kier alpha value is -2.43. The largest absolute Gasteiger partial charge is 0.461 e. The Labute approximate surface area is 154 Å². The topological polar surface area (TPSA) is 138 Å². The average molecular weight is 379 g/mol. The van der Waals surface area contributed by atoms with E-state index in [1.807, 2.05) is 0 Å². The normalized spacial score (nSPS) is 28.0. The summed E-state index contributed by atoms with van der Waals surface area (Å²) in [5.41, 5.74) is 0. The molecule has 0 radical (unpaired) electrons. The van der Waals surface area contributed by atoms with Crippen molar-refractivity contribution in [2.45, 2.75) is 30.7 Å². The number of carbonyl (C=O) groups excluding carboxylic acids is 1. The van der Waals surface area contributed by atoms with E-state index in [1.54, 1.807) is 36.4 Å². The van der Waals surface area contributed by atoms with Crippen LogP contribution in [0.2, 0.25) is 0 Å². The summed E-state index contributed by atoms with van der Waals surface area (Å²) in [7, 11) is 1.45. The summed E-state index contributed by atoms with van der Waals surface area (Å²) in [4.78, 5) is 11.5. The molecule has 5 N–H and O–H groups in total. The van der Waals surface area contributed by atoms with Crippen LogP contribution in [0.3, 0.4) is 0 Å². The maximum atomic E-state index is 11.5. The fourth-order valence-electron chi connectivity index (χ4n) is 2.88. The van der Waals surface area contributed by atoms with E-state index in [-0.39, 0.29) is 0 Å². The first-order valence-corrected chi connectivity index (χ1v) is 8.34. The highest BCUT2D eigenvalue weighted by atomic mass is 16.7. The van der Waals surface area contributed by atoms with E-state index in [0.717, 1.165) is 0 Å². The number of aliphatic hydroxyl groups is 4. The van der Waals surface area contributed by atoms with Gasteiger partial charge in [-0.25, -0.2) is 4.79 Å². The highest BCUT2D eigenvalue weighted by Crippen LogP contribution is 2.34. The molecule has 2 aromatic carbocycles. The van der Waals surface area contributed by atoms with Gasteiger partial charge in [-0.3, -0.25) is 0 Å². The predicted molar refractivity (Wildman–Crippen MR) is 93.4 cm³/mol. The molecule has 1 aliphatic rings. The monoisotopic (exact) mass is 379 g/mol. The van der Waals surface area contributed by atoms with E-state index >= 15 is 0 Å². The second-order valence-electron chi connectivity index (χ2n) is 6.06. The van der Waals surface area contributed by atoms with Gasteiger partial charge in [0.25, 0.3) is 0 Å². The zero-order valence-corrected chi connectivity index (χ0v) is 14.5. The van der Waals surface area contributed by atoms with Crippen LogP contribution in [0.15, 0.2) is 36.4 Å². The van der Waals surface area contributed by atoms with Crippen LogP contribution >= 0.6 is 0 Å². The molecule has 146 valence electrons. The number of carbonyl (C=O) groups is 1. The van der Waals surface area contributed by atoms with Crippen LogP contribution in [0.5, 0.6) is 11.5 Å². The van der Waals surface area contributed by atoms with E-state index in [9.17, 15) is 25.2 Å². The number of benzene rings is 2. The van der Waals surface area contributed by atoms with Gasteiger partial charge in [-0.15, -0.1) is 0 Å². The van der Waals surface area contributed by atoms with Crippen molar-refractivity contribution in [3.63, 3.8) is 0 Å². The third-order valence-electron chi connectivity index (χ3n) is 4.34. The average Bonchev–Trinajstić information content (AvgIpc) is 2.68. The van der Waals surface area contributed by atoms with Gasteiger partial charge >= 0.3 is 6.09 Å². The Morgan fingerprint density at radius 2 is 1.67 bits per heavy atom. The highest BCUT2D eigenvalue weighted by molar-refractivity contribution is 5.94. The van der Waals surface area contributed by atoms with E-state index in [2.05, 4.69) is 5.32 Å². The summed E-state index contributed by atoms with van der Waals surface area (Å²) in [6.07, 6.45) is -7.54. The Kier molecular flexibility index (Phi) is 5.78. The molecular weight excluding hydrogens is 358 g/mol. The smallest absolute Gasteiger partial charge is 0.412 e. The summed E-state index contributed by atoms with van der Waals surface area (Å²) >= 11 is 0. The number of rotatable bonds is 4. The lowest BCUT2D eigenvalue weighted by molar-refractivity contribution is -0.277. The molecule has 1 aliphatic heterocycles. The quantitative estimate of drug-likeness (QED) is 0.490. The first-order chi connectivity index (χ1) is 13.0. The first-order valence-electron chi connectivity index (χ1n) is 8.34. The SMILES string of the molecule is CNC(=O)Oc1cccc2c(O[C@@H]3O[C@@H](CO)[C@@H](O)[C@@H](O)[C@@H]3O)cccc12. The van der Waals surface area contributed by atoms with Crippen LogP contribution in [0, 0.1) is 0 Å². The molecule has 1 amide bonds. The molecule has 0 saturated carbocycles. The zero-order chi connectivity index (χ0) is 19.6. The number of hydrogen-bond acceptors (Lipinski definition) is 8. The van der Waals surface area contributed by atoms with Crippen molar-refractivity contribution in [1.29, 1.82) is 0 Å². The lowest BCUT2D eigenvalue weighted by atomic mass is 9.99. The van der Waals surface area contributed by atoms with Gasteiger partial charge in [-0.1, -0.05) is 24.3 Å². The lowest BCUT2D eigenvalue weighted by Crippen LogP contribution is -2.60. The summed E-state index contributed by atoms with van der Waals surface area (Å²) in [5, 5.41) is 42.7. The number of hydrogen-bond donors (Lipinski definition) is 5. The Morgan fingerprint density at radius 3 is 2.30 bits per heavy atom. The van der Waals surface area contributed by atoms with Crippen molar-refractivity contribution in [1.82, 2.24) is 5.32 Å². The van der Waals surface area contributed by atoms with Crippen molar-refractivity contribution in [3.8, 4) is 11.5 Å². The molecule has 0 aliphatic carbocycles. The molecule has 2 aromatic rings. The number of fused-ring (bicyclic) bond motifs is 1. The lowest BCUT2D eigenvalue weighted by Gasteiger charge is -2.39.